The molecule has 0 amide bonds. The van der Waals surface area contributed by atoms with Gasteiger partial charge in [-0.1, -0.05) is 26.0 Å². The van der Waals surface area contributed by atoms with Crippen molar-refractivity contribution in [1.82, 2.24) is 5.32 Å². The Morgan fingerprint density at radius 2 is 2.00 bits per heavy atom. The zero-order valence-electron chi connectivity index (χ0n) is 11.2. The number of aliphatic carboxylic acids is 1. The highest BCUT2D eigenvalue weighted by Gasteiger charge is 2.34. The zero-order valence-corrected chi connectivity index (χ0v) is 12.8. The van der Waals surface area contributed by atoms with Crippen LogP contribution >= 0.6 is 15.9 Å². The maximum absolute atomic E-state index is 11.4. The Bertz CT molecular complexity index is 444. The van der Waals surface area contributed by atoms with E-state index in [2.05, 4.69) is 21.2 Å². The van der Waals surface area contributed by atoms with Crippen LogP contribution in [0.3, 0.4) is 0 Å². The van der Waals surface area contributed by atoms with E-state index >= 15 is 0 Å². The first-order valence-electron chi connectivity index (χ1n) is 6.37. The number of carbonyl (C=O) groups is 1. The van der Waals surface area contributed by atoms with Crippen LogP contribution < -0.4 is 5.32 Å². The van der Waals surface area contributed by atoms with Gasteiger partial charge in [-0.05, 0) is 40.4 Å². The molecule has 19 heavy (non-hydrogen) atoms. The molecule has 1 aromatic carbocycles. The van der Waals surface area contributed by atoms with Crippen LogP contribution in [0.25, 0.3) is 0 Å². The number of phenols is 1. The Morgan fingerprint density at radius 3 is 2.53 bits per heavy atom. The fraction of sp³-hybridized carbons (Fsp3) is 0.500. The molecule has 0 saturated carbocycles. The summed E-state index contributed by atoms with van der Waals surface area (Å²) in [4.78, 5) is 11.4. The number of hydrogen-bond acceptors (Lipinski definition) is 3. The molecule has 0 aliphatic carbocycles. The molecule has 0 aliphatic rings. The van der Waals surface area contributed by atoms with Crippen LogP contribution in [0.5, 0.6) is 5.75 Å². The quantitative estimate of drug-likeness (QED) is 0.718. The summed E-state index contributed by atoms with van der Waals surface area (Å²) < 4.78 is 0.649. The van der Waals surface area contributed by atoms with Gasteiger partial charge in [0.25, 0.3) is 0 Å². The number of phenolic OH excluding ortho intramolecular Hbond substituents is 1. The van der Waals surface area contributed by atoms with Crippen molar-refractivity contribution in [3.8, 4) is 5.75 Å². The third kappa shape index (κ3) is 3.70. The SMILES string of the molecule is CCC(CC)(CNCc1cccc(O)c1Br)C(=O)O. The second-order valence-electron chi connectivity index (χ2n) is 4.65. The summed E-state index contributed by atoms with van der Waals surface area (Å²) >= 11 is 3.32. The maximum atomic E-state index is 11.4. The summed E-state index contributed by atoms with van der Waals surface area (Å²) in [5, 5.41) is 22.1. The van der Waals surface area contributed by atoms with Gasteiger partial charge in [0.1, 0.15) is 5.75 Å². The van der Waals surface area contributed by atoms with Gasteiger partial charge < -0.3 is 15.5 Å². The van der Waals surface area contributed by atoms with Gasteiger partial charge in [0, 0.05) is 13.1 Å². The summed E-state index contributed by atoms with van der Waals surface area (Å²) in [6.45, 7) is 4.72. The molecule has 5 heteroatoms. The average Bonchev–Trinajstić information content (AvgIpc) is 2.39. The molecule has 106 valence electrons. The van der Waals surface area contributed by atoms with Gasteiger partial charge in [-0.25, -0.2) is 0 Å². The Morgan fingerprint density at radius 1 is 1.37 bits per heavy atom. The minimum atomic E-state index is -0.764. The summed E-state index contributed by atoms with van der Waals surface area (Å²) in [5.74, 6) is -0.574. The smallest absolute Gasteiger partial charge is 0.310 e. The van der Waals surface area contributed by atoms with Gasteiger partial charge in [0.15, 0.2) is 0 Å². The van der Waals surface area contributed by atoms with E-state index < -0.39 is 11.4 Å². The molecule has 0 radical (unpaired) electrons. The molecule has 0 saturated heterocycles. The molecular formula is C14H20BrNO3. The molecule has 0 aliphatic heterocycles. The van der Waals surface area contributed by atoms with Gasteiger partial charge in [0.05, 0.1) is 9.89 Å². The summed E-state index contributed by atoms with van der Waals surface area (Å²) in [5.41, 5.74) is 0.190. The van der Waals surface area contributed by atoms with E-state index in [1.54, 1.807) is 12.1 Å². The van der Waals surface area contributed by atoms with E-state index in [4.69, 9.17) is 0 Å². The maximum Gasteiger partial charge on any atom is 0.310 e. The van der Waals surface area contributed by atoms with Crippen molar-refractivity contribution in [2.24, 2.45) is 5.41 Å². The minimum Gasteiger partial charge on any atom is -0.507 e. The molecule has 4 nitrogen and oxygen atoms in total. The van der Waals surface area contributed by atoms with Crippen LogP contribution in [0, 0.1) is 5.41 Å². The fourth-order valence-corrected chi connectivity index (χ4v) is 2.42. The lowest BCUT2D eigenvalue weighted by Gasteiger charge is -2.27. The Kier molecular flexibility index (Phi) is 5.82. The summed E-state index contributed by atoms with van der Waals surface area (Å²) in [6.07, 6.45) is 1.18. The Labute approximate surface area is 122 Å². The normalized spacial score (nSPS) is 11.5. The molecule has 0 heterocycles. The predicted molar refractivity (Wildman–Crippen MR) is 78.2 cm³/mol. The van der Waals surface area contributed by atoms with Gasteiger partial charge >= 0.3 is 5.97 Å². The van der Waals surface area contributed by atoms with E-state index in [1.165, 1.54) is 0 Å². The molecular weight excluding hydrogens is 310 g/mol. The highest BCUT2D eigenvalue weighted by molar-refractivity contribution is 9.10. The molecule has 0 spiro atoms. The van der Waals surface area contributed by atoms with E-state index in [-0.39, 0.29) is 5.75 Å². The second-order valence-corrected chi connectivity index (χ2v) is 5.44. The highest BCUT2D eigenvalue weighted by Crippen LogP contribution is 2.28. The molecule has 3 N–H and O–H groups in total. The first-order valence-corrected chi connectivity index (χ1v) is 7.16. The van der Waals surface area contributed by atoms with E-state index in [1.807, 2.05) is 19.9 Å². The van der Waals surface area contributed by atoms with Crippen LogP contribution in [-0.2, 0) is 11.3 Å². The first kappa shape index (κ1) is 16.0. The van der Waals surface area contributed by atoms with Crippen molar-refractivity contribution in [3.05, 3.63) is 28.2 Å². The molecule has 0 fully saturated rings. The average molecular weight is 330 g/mol. The molecule has 0 bridgehead atoms. The van der Waals surface area contributed by atoms with Crippen LogP contribution in [-0.4, -0.2) is 22.7 Å². The monoisotopic (exact) mass is 329 g/mol. The Balaban J connectivity index is 2.67. The zero-order chi connectivity index (χ0) is 14.5. The number of rotatable bonds is 7. The number of carboxylic acids is 1. The second kappa shape index (κ2) is 6.91. The van der Waals surface area contributed by atoms with Crippen LogP contribution in [0.4, 0.5) is 0 Å². The van der Waals surface area contributed by atoms with Crippen molar-refractivity contribution in [1.29, 1.82) is 0 Å². The van der Waals surface area contributed by atoms with Crippen LogP contribution in [0.15, 0.2) is 22.7 Å². The lowest BCUT2D eigenvalue weighted by Crippen LogP contribution is -2.40. The standard InChI is InChI=1S/C14H20BrNO3/c1-3-14(4-2,13(18)19)9-16-8-10-6-5-7-11(17)12(10)15/h5-7,16-17H,3-4,8-9H2,1-2H3,(H,18,19). The fourth-order valence-electron chi connectivity index (χ4n) is 2.02. The van der Waals surface area contributed by atoms with Crippen molar-refractivity contribution in [2.75, 3.05) is 6.54 Å². The minimum absolute atomic E-state index is 0.190. The van der Waals surface area contributed by atoms with Gasteiger partial charge in [-0.3, -0.25) is 4.79 Å². The van der Waals surface area contributed by atoms with Gasteiger partial charge in [-0.2, -0.15) is 0 Å². The lowest BCUT2D eigenvalue weighted by molar-refractivity contribution is -0.149. The van der Waals surface area contributed by atoms with Gasteiger partial charge in [-0.15, -0.1) is 0 Å². The van der Waals surface area contributed by atoms with Crippen molar-refractivity contribution < 1.29 is 15.0 Å². The lowest BCUT2D eigenvalue weighted by atomic mass is 9.82. The van der Waals surface area contributed by atoms with Gasteiger partial charge in [0.2, 0.25) is 0 Å². The summed E-state index contributed by atoms with van der Waals surface area (Å²) in [7, 11) is 0. The number of hydrogen-bond donors (Lipinski definition) is 3. The van der Waals surface area contributed by atoms with E-state index in [0.717, 1.165) is 5.56 Å². The topological polar surface area (TPSA) is 69.6 Å². The Hall–Kier alpha value is -1.07. The predicted octanol–water partition coefficient (Wildman–Crippen LogP) is 3.14. The van der Waals surface area contributed by atoms with E-state index in [9.17, 15) is 15.0 Å². The van der Waals surface area contributed by atoms with Crippen molar-refractivity contribution >= 4 is 21.9 Å². The van der Waals surface area contributed by atoms with Crippen molar-refractivity contribution in [2.45, 2.75) is 33.2 Å². The molecule has 1 rings (SSSR count). The van der Waals surface area contributed by atoms with Crippen LogP contribution in [0.1, 0.15) is 32.3 Å². The van der Waals surface area contributed by atoms with Crippen molar-refractivity contribution in [3.63, 3.8) is 0 Å². The number of benzene rings is 1. The molecule has 0 unspecified atom stereocenters. The number of carboxylic acid groups (broad SMARTS) is 1. The van der Waals surface area contributed by atoms with Crippen LogP contribution in [0.2, 0.25) is 0 Å². The number of aromatic hydroxyl groups is 1. The highest BCUT2D eigenvalue weighted by atomic mass is 79.9. The molecule has 0 atom stereocenters. The summed E-state index contributed by atoms with van der Waals surface area (Å²) in [6, 6.07) is 5.26. The third-order valence-electron chi connectivity index (χ3n) is 3.64. The molecule has 0 aromatic heterocycles. The molecule has 1 aromatic rings. The number of halogens is 1. The number of nitrogens with one attached hydrogen (secondary N) is 1. The first-order chi connectivity index (χ1) is 8.96. The largest absolute Gasteiger partial charge is 0.507 e. The van der Waals surface area contributed by atoms with E-state index in [0.29, 0.717) is 30.4 Å². The third-order valence-corrected chi connectivity index (χ3v) is 4.56.